The predicted molar refractivity (Wildman–Crippen MR) is 82.3 cm³/mol. The molecule has 1 aliphatic heterocycles. The van der Waals surface area contributed by atoms with Crippen molar-refractivity contribution in [3.63, 3.8) is 0 Å². The number of aryl methyl sites for hydroxylation is 1. The molecule has 0 bridgehead atoms. The van der Waals surface area contributed by atoms with Gasteiger partial charge in [0.1, 0.15) is 0 Å². The molecule has 1 heterocycles. The monoisotopic (exact) mass is 263 g/mol. The maximum Gasteiger partial charge on any atom is 0.0464 e. The van der Waals surface area contributed by atoms with Crippen LogP contribution < -0.4 is 5.32 Å². The summed E-state index contributed by atoms with van der Waals surface area (Å²) >= 11 is 2.13. The van der Waals surface area contributed by atoms with Gasteiger partial charge >= 0.3 is 0 Å². The molecule has 100 valence electrons. The zero-order chi connectivity index (χ0) is 13.0. The summed E-state index contributed by atoms with van der Waals surface area (Å²) in [5.41, 5.74) is 2.93. The zero-order valence-corrected chi connectivity index (χ0v) is 12.6. The fourth-order valence-electron chi connectivity index (χ4n) is 3.07. The number of benzene rings is 1. The van der Waals surface area contributed by atoms with Crippen LogP contribution in [0, 0.1) is 0 Å². The molecule has 1 fully saturated rings. The third-order valence-corrected chi connectivity index (χ3v) is 5.56. The van der Waals surface area contributed by atoms with Gasteiger partial charge in [0.25, 0.3) is 0 Å². The van der Waals surface area contributed by atoms with Gasteiger partial charge in [-0.3, -0.25) is 0 Å². The summed E-state index contributed by atoms with van der Waals surface area (Å²) in [5.74, 6) is 1.31. The lowest BCUT2D eigenvalue weighted by Gasteiger charge is -2.33. The van der Waals surface area contributed by atoms with Crippen LogP contribution in [-0.4, -0.2) is 17.5 Å². The molecule has 1 aromatic rings. The van der Waals surface area contributed by atoms with E-state index in [4.69, 9.17) is 0 Å². The van der Waals surface area contributed by atoms with E-state index in [0.717, 1.165) is 0 Å². The Bertz CT molecular complexity index is 382. The number of hydrogen-bond acceptors (Lipinski definition) is 2. The molecule has 18 heavy (non-hydrogen) atoms. The van der Waals surface area contributed by atoms with Crippen molar-refractivity contribution in [3.05, 3.63) is 35.4 Å². The molecule has 2 rings (SSSR count). The van der Waals surface area contributed by atoms with Crippen molar-refractivity contribution in [1.29, 1.82) is 0 Å². The first-order valence-electron chi connectivity index (χ1n) is 7.09. The molecule has 0 radical (unpaired) electrons. The summed E-state index contributed by atoms with van der Waals surface area (Å²) in [4.78, 5) is 0. The molecule has 0 amide bonds. The molecule has 0 spiro atoms. The van der Waals surface area contributed by atoms with Gasteiger partial charge in [0.15, 0.2) is 0 Å². The second kappa shape index (κ2) is 6.12. The van der Waals surface area contributed by atoms with E-state index >= 15 is 0 Å². The molecule has 2 heteroatoms. The van der Waals surface area contributed by atoms with Crippen molar-refractivity contribution in [2.75, 3.05) is 12.8 Å². The van der Waals surface area contributed by atoms with Crippen LogP contribution >= 0.6 is 11.8 Å². The molecule has 1 N–H and O–H groups in total. The highest BCUT2D eigenvalue weighted by molar-refractivity contribution is 8.00. The highest BCUT2D eigenvalue weighted by atomic mass is 32.2. The van der Waals surface area contributed by atoms with E-state index in [1.165, 1.54) is 42.6 Å². The Hall–Kier alpha value is -0.470. The van der Waals surface area contributed by atoms with Gasteiger partial charge < -0.3 is 5.32 Å². The molecule has 0 saturated carbocycles. The average molecular weight is 263 g/mol. The molecular weight excluding hydrogens is 238 g/mol. The number of rotatable bonds is 5. The number of hydrogen-bond donors (Lipinski definition) is 1. The van der Waals surface area contributed by atoms with Gasteiger partial charge in [-0.15, -0.1) is 0 Å². The molecule has 1 aromatic carbocycles. The Morgan fingerprint density at radius 3 is 2.89 bits per heavy atom. The van der Waals surface area contributed by atoms with Crippen molar-refractivity contribution < 1.29 is 0 Å². The zero-order valence-electron chi connectivity index (χ0n) is 11.8. The van der Waals surface area contributed by atoms with E-state index in [-0.39, 0.29) is 0 Å². The maximum atomic E-state index is 3.55. The van der Waals surface area contributed by atoms with Gasteiger partial charge in [0, 0.05) is 10.8 Å². The van der Waals surface area contributed by atoms with Crippen LogP contribution in [0.4, 0.5) is 0 Å². The van der Waals surface area contributed by atoms with Gasteiger partial charge in [0.05, 0.1) is 0 Å². The number of nitrogens with one attached hydrogen (secondary N) is 1. The van der Waals surface area contributed by atoms with Crippen LogP contribution in [0.3, 0.4) is 0 Å². The summed E-state index contributed by atoms with van der Waals surface area (Å²) in [5, 5.41) is 3.55. The van der Waals surface area contributed by atoms with Crippen LogP contribution in [0.25, 0.3) is 0 Å². The minimum atomic E-state index is 0.361. The normalized spacial score (nSPS) is 25.3. The van der Waals surface area contributed by atoms with Gasteiger partial charge in [-0.1, -0.05) is 37.6 Å². The van der Waals surface area contributed by atoms with Crippen molar-refractivity contribution in [3.8, 4) is 0 Å². The Morgan fingerprint density at radius 1 is 1.44 bits per heavy atom. The highest BCUT2D eigenvalue weighted by Crippen LogP contribution is 2.46. The number of thioether (sulfide) groups is 1. The van der Waals surface area contributed by atoms with Crippen molar-refractivity contribution in [2.45, 2.75) is 50.3 Å². The lowest BCUT2D eigenvalue weighted by atomic mass is 9.89. The Kier molecular flexibility index (Phi) is 4.74. The van der Waals surface area contributed by atoms with Crippen molar-refractivity contribution in [1.82, 2.24) is 5.32 Å². The minimum Gasteiger partial charge on any atom is -0.312 e. The molecule has 1 saturated heterocycles. The standard InChI is InChI=1S/C16H25NS/c1-4-7-13-8-5-9-14(12-13)15(17-3)16(2)10-6-11-18-16/h5,8-9,12,15,17H,4,6-7,10-11H2,1-3H3. The van der Waals surface area contributed by atoms with E-state index in [0.29, 0.717) is 10.8 Å². The lowest BCUT2D eigenvalue weighted by molar-refractivity contribution is 0.440. The van der Waals surface area contributed by atoms with E-state index in [2.05, 4.69) is 62.2 Å². The van der Waals surface area contributed by atoms with Crippen molar-refractivity contribution >= 4 is 11.8 Å². The molecule has 2 unspecified atom stereocenters. The molecule has 1 aliphatic rings. The van der Waals surface area contributed by atoms with Gasteiger partial charge in [-0.25, -0.2) is 0 Å². The summed E-state index contributed by atoms with van der Waals surface area (Å²) in [6.45, 7) is 4.66. The van der Waals surface area contributed by atoms with Gasteiger partial charge in [-0.2, -0.15) is 11.8 Å². The molecule has 2 atom stereocenters. The first-order valence-corrected chi connectivity index (χ1v) is 8.08. The van der Waals surface area contributed by atoms with Gasteiger partial charge in [-0.05, 0) is 50.1 Å². The average Bonchev–Trinajstić information content (AvgIpc) is 2.79. The summed E-state index contributed by atoms with van der Waals surface area (Å²) in [6, 6.07) is 9.62. The van der Waals surface area contributed by atoms with E-state index in [1.807, 2.05) is 0 Å². The largest absolute Gasteiger partial charge is 0.312 e. The molecule has 0 aromatic heterocycles. The van der Waals surface area contributed by atoms with Crippen LogP contribution in [-0.2, 0) is 6.42 Å². The van der Waals surface area contributed by atoms with Crippen LogP contribution in [0.2, 0.25) is 0 Å². The van der Waals surface area contributed by atoms with Crippen LogP contribution in [0.1, 0.15) is 50.3 Å². The van der Waals surface area contributed by atoms with E-state index < -0.39 is 0 Å². The Morgan fingerprint density at radius 2 is 2.28 bits per heavy atom. The Labute approximate surface area is 116 Å². The summed E-state index contributed by atoms with van der Waals surface area (Å²) < 4.78 is 0.361. The third-order valence-electron chi connectivity index (χ3n) is 3.97. The van der Waals surface area contributed by atoms with Gasteiger partial charge in [0.2, 0.25) is 0 Å². The maximum absolute atomic E-state index is 3.55. The van der Waals surface area contributed by atoms with E-state index in [1.54, 1.807) is 0 Å². The second-order valence-corrected chi connectivity index (χ2v) is 7.11. The topological polar surface area (TPSA) is 12.0 Å². The molecule has 0 aliphatic carbocycles. The highest BCUT2D eigenvalue weighted by Gasteiger charge is 2.37. The quantitative estimate of drug-likeness (QED) is 0.855. The first-order chi connectivity index (χ1) is 8.69. The fraction of sp³-hybridized carbons (Fsp3) is 0.625. The first kappa shape index (κ1) is 14.0. The van der Waals surface area contributed by atoms with Crippen molar-refractivity contribution in [2.24, 2.45) is 0 Å². The summed E-state index contributed by atoms with van der Waals surface area (Å²) in [6.07, 6.45) is 5.09. The molecule has 1 nitrogen and oxygen atoms in total. The fourth-order valence-corrected chi connectivity index (χ4v) is 4.53. The smallest absolute Gasteiger partial charge is 0.0464 e. The minimum absolute atomic E-state index is 0.361. The SMILES string of the molecule is CCCc1cccc(C(NC)C2(C)CCCS2)c1. The van der Waals surface area contributed by atoms with E-state index in [9.17, 15) is 0 Å². The summed E-state index contributed by atoms with van der Waals surface area (Å²) in [7, 11) is 2.10. The molecular formula is C16H25NS. The van der Waals surface area contributed by atoms with Crippen LogP contribution in [0.5, 0.6) is 0 Å². The predicted octanol–water partition coefficient (Wildman–Crippen LogP) is 4.19. The Balaban J connectivity index is 2.24. The van der Waals surface area contributed by atoms with Crippen LogP contribution in [0.15, 0.2) is 24.3 Å². The third kappa shape index (κ3) is 2.92. The lowest BCUT2D eigenvalue weighted by Crippen LogP contribution is -2.35. The second-order valence-electron chi connectivity index (χ2n) is 5.48.